The number of hydrogen-bond donors (Lipinski definition) is 1. The van der Waals surface area contributed by atoms with E-state index in [-0.39, 0.29) is 12.5 Å². The molecule has 2 aromatic carbocycles. The van der Waals surface area contributed by atoms with Crippen LogP contribution in [0.5, 0.6) is 11.5 Å². The predicted molar refractivity (Wildman–Crippen MR) is 137 cm³/mol. The second-order valence-electron chi connectivity index (χ2n) is 8.84. The third-order valence-corrected chi connectivity index (χ3v) is 7.58. The zero-order chi connectivity index (χ0) is 23.3. The average Bonchev–Trinajstić information content (AvgIpc) is 3.01. The number of ether oxygens (including phenoxy) is 3. The Hall–Kier alpha value is -2.29. The van der Waals surface area contributed by atoms with Crippen molar-refractivity contribution in [1.82, 2.24) is 9.55 Å². The molecule has 0 unspecified atom stereocenters. The smallest absolute Gasteiger partial charge is 0.326 e. The number of rotatable bonds is 10. The van der Waals surface area contributed by atoms with Gasteiger partial charge in [0.2, 0.25) is 0 Å². The molecule has 32 heavy (non-hydrogen) atoms. The van der Waals surface area contributed by atoms with Crippen molar-refractivity contribution < 1.29 is 14.2 Å². The van der Waals surface area contributed by atoms with Crippen molar-refractivity contribution in [1.29, 1.82) is 0 Å². The summed E-state index contributed by atoms with van der Waals surface area (Å²) in [5.74, 6) is 1.41. The first-order chi connectivity index (χ1) is 15.2. The van der Waals surface area contributed by atoms with Gasteiger partial charge in [-0.1, -0.05) is 37.9 Å². The number of aromatic nitrogens is 2. The predicted octanol–water partition coefficient (Wildman–Crippen LogP) is 5.89. The van der Waals surface area contributed by atoms with Gasteiger partial charge in [0.15, 0.2) is 6.79 Å². The van der Waals surface area contributed by atoms with E-state index in [1.807, 2.05) is 49.4 Å². The van der Waals surface area contributed by atoms with Gasteiger partial charge in [0, 0.05) is 27.8 Å². The molecule has 0 bridgehead atoms. The van der Waals surface area contributed by atoms with Gasteiger partial charge >= 0.3 is 5.69 Å². The van der Waals surface area contributed by atoms with E-state index >= 15 is 0 Å². The van der Waals surface area contributed by atoms with Crippen LogP contribution in [0.15, 0.2) is 39.6 Å². The largest absolute Gasteiger partial charge is 0.493 e. The molecule has 3 rings (SSSR count). The molecule has 8 heteroatoms. The molecule has 172 valence electrons. The molecule has 0 radical (unpaired) electrons. The van der Waals surface area contributed by atoms with E-state index in [0.717, 1.165) is 38.4 Å². The first kappa shape index (κ1) is 24.4. The summed E-state index contributed by atoms with van der Waals surface area (Å²) >= 11 is 3.65. The molecule has 0 fully saturated rings. The molecule has 0 aliphatic carbocycles. The lowest BCUT2D eigenvalue weighted by Crippen LogP contribution is -2.22. The number of benzene rings is 2. The number of halogens is 1. The lowest BCUT2D eigenvalue weighted by Gasteiger charge is -2.16. The minimum Gasteiger partial charge on any atom is -0.493 e. The van der Waals surface area contributed by atoms with Crippen LogP contribution in [0.25, 0.3) is 23.2 Å². The maximum atomic E-state index is 11.8. The minimum atomic E-state index is -1.12. The van der Waals surface area contributed by atoms with Crippen LogP contribution in [-0.4, -0.2) is 37.6 Å². The summed E-state index contributed by atoms with van der Waals surface area (Å²) in [5, 5.41) is 0. The second-order valence-corrected chi connectivity index (χ2v) is 15.3. The topological polar surface area (TPSA) is 65.5 Å². The van der Waals surface area contributed by atoms with Crippen molar-refractivity contribution in [3.05, 3.63) is 56.4 Å². The van der Waals surface area contributed by atoms with Crippen LogP contribution >= 0.6 is 15.9 Å². The molecule has 0 atom stereocenters. The molecular weight excluding hydrogens is 488 g/mol. The normalized spacial score (nSPS) is 12.1. The van der Waals surface area contributed by atoms with E-state index in [1.54, 1.807) is 11.6 Å². The molecule has 0 aliphatic rings. The summed E-state index contributed by atoms with van der Waals surface area (Å²) in [5.41, 5.74) is 3.47. The Morgan fingerprint density at radius 3 is 2.62 bits per heavy atom. The summed E-state index contributed by atoms with van der Waals surface area (Å²) in [7, 11) is 0.634. The van der Waals surface area contributed by atoms with Gasteiger partial charge in [-0.2, -0.15) is 0 Å². The molecule has 0 spiro atoms. The highest BCUT2D eigenvalue weighted by molar-refractivity contribution is 9.10. The standard InChI is InChI=1S/C24H31BrN2O4Si/c1-6-30-22-15-19(31-16-29-11-12-32(3,4)5)14-18(23(22)25)9-7-17-8-10-20-21(13-17)27(2)24(28)26-20/h7-10,13-15H,6,11-12,16H2,1-5H3,(H,26,28). The van der Waals surface area contributed by atoms with Crippen molar-refractivity contribution in [3.63, 3.8) is 0 Å². The summed E-state index contributed by atoms with van der Waals surface area (Å²) < 4.78 is 19.8. The van der Waals surface area contributed by atoms with Crippen LogP contribution in [0, 0.1) is 0 Å². The summed E-state index contributed by atoms with van der Waals surface area (Å²) in [6, 6.07) is 10.8. The van der Waals surface area contributed by atoms with Crippen molar-refractivity contribution >= 4 is 47.2 Å². The number of nitrogens with zero attached hydrogens (tertiary/aromatic N) is 1. The molecule has 0 amide bonds. The maximum Gasteiger partial charge on any atom is 0.326 e. The summed E-state index contributed by atoms with van der Waals surface area (Å²) in [4.78, 5) is 14.7. The van der Waals surface area contributed by atoms with Crippen molar-refractivity contribution in [3.8, 4) is 11.5 Å². The maximum absolute atomic E-state index is 11.8. The van der Waals surface area contributed by atoms with Crippen LogP contribution in [0.3, 0.4) is 0 Å². The number of imidazole rings is 1. The van der Waals surface area contributed by atoms with Crippen molar-refractivity contribution in [2.24, 2.45) is 7.05 Å². The van der Waals surface area contributed by atoms with Gasteiger partial charge in [-0.25, -0.2) is 4.79 Å². The number of H-pyrrole nitrogens is 1. The van der Waals surface area contributed by atoms with E-state index in [1.165, 1.54) is 0 Å². The summed E-state index contributed by atoms with van der Waals surface area (Å²) in [6.45, 7) is 10.4. The Labute approximate surface area is 198 Å². The Morgan fingerprint density at radius 2 is 1.91 bits per heavy atom. The van der Waals surface area contributed by atoms with Crippen LogP contribution < -0.4 is 15.2 Å². The van der Waals surface area contributed by atoms with Crippen LogP contribution in [-0.2, 0) is 11.8 Å². The fraction of sp³-hybridized carbons (Fsp3) is 0.375. The zero-order valence-corrected chi connectivity index (χ0v) is 21.9. The quantitative estimate of drug-likeness (QED) is 0.157. The molecule has 1 N–H and O–H groups in total. The highest BCUT2D eigenvalue weighted by Gasteiger charge is 2.13. The van der Waals surface area contributed by atoms with Crippen molar-refractivity contribution in [2.75, 3.05) is 20.0 Å². The number of aryl methyl sites for hydroxylation is 1. The molecule has 0 saturated carbocycles. The lowest BCUT2D eigenvalue weighted by atomic mass is 10.1. The molecule has 0 aliphatic heterocycles. The van der Waals surface area contributed by atoms with Gasteiger partial charge < -0.3 is 19.2 Å². The molecule has 6 nitrogen and oxygen atoms in total. The number of fused-ring (bicyclic) bond motifs is 1. The monoisotopic (exact) mass is 518 g/mol. The third kappa shape index (κ3) is 6.37. The molecular formula is C24H31BrN2O4Si. The van der Waals surface area contributed by atoms with Crippen LogP contribution in [0.1, 0.15) is 18.1 Å². The van der Waals surface area contributed by atoms with E-state index in [0.29, 0.717) is 19.0 Å². The van der Waals surface area contributed by atoms with Gasteiger partial charge in [-0.05, 0) is 58.2 Å². The number of hydrogen-bond acceptors (Lipinski definition) is 4. The minimum absolute atomic E-state index is 0.123. The van der Waals surface area contributed by atoms with Gasteiger partial charge in [0.1, 0.15) is 11.5 Å². The Bertz CT molecular complexity index is 1160. The Kier molecular flexibility index (Phi) is 8.03. The third-order valence-electron chi connectivity index (χ3n) is 5.03. The van der Waals surface area contributed by atoms with Crippen LogP contribution in [0.2, 0.25) is 25.7 Å². The Morgan fingerprint density at radius 1 is 1.12 bits per heavy atom. The van der Waals surface area contributed by atoms with Gasteiger partial charge in [-0.3, -0.25) is 4.57 Å². The Balaban J connectivity index is 1.78. The van der Waals surface area contributed by atoms with E-state index in [2.05, 4.69) is 40.6 Å². The fourth-order valence-electron chi connectivity index (χ4n) is 3.14. The molecule has 3 aromatic rings. The van der Waals surface area contributed by atoms with Gasteiger partial charge in [-0.15, -0.1) is 0 Å². The zero-order valence-electron chi connectivity index (χ0n) is 19.3. The lowest BCUT2D eigenvalue weighted by molar-refractivity contribution is 0.0219. The van der Waals surface area contributed by atoms with Gasteiger partial charge in [0.05, 0.1) is 22.1 Å². The highest BCUT2D eigenvalue weighted by atomic mass is 79.9. The fourth-order valence-corrected chi connectivity index (χ4v) is 4.37. The van der Waals surface area contributed by atoms with E-state index in [9.17, 15) is 4.79 Å². The van der Waals surface area contributed by atoms with Crippen LogP contribution in [0.4, 0.5) is 0 Å². The SMILES string of the molecule is CCOc1cc(OCOCC[Si](C)(C)C)cc(C=Cc2ccc3[nH]c(=O)n(C)c3c2)c1Br. The molecule has 1 heterocycles. The summed E-state index contributed by atoms with van der Waals surface area (Å²) in [6.07, 6.45) is 4.00. The molecule has 1 aromatic heterocycles. The molecule has 0 saturated heterocycles. The van der Waals surface area contributed by atoms with E-state index < -0.39 is 8.07 Å². The number of aromatic amines is 1. The highest BCUT2D eigenvalue weighted by Crippen LogP contribution is 2.35. The van der Waals surface area contributed by atoms with E-state index in [4.69, 9.17) is 14.2 Å². The number of nitrogens with one attached hydrogen (secondary N) is 1. The second kappa shape index (κ2) is 10.5. The first-order valence-corrected chi connectivity index (χ1v) is 15.2. The van der Waals surface area contributed by atoms with Gasteiger partial charge in [0.25, 0.3) is 0 Å². The first-order valence-electron chi connectivity index (χ1n) is 10.7. The average molecular weight is 520 g/mol. The van der Waals surface area contributed by atoms with Crippen molar-refractivity contribution in [2.45, 2.75) is 32.6 Å².